The van der Waals surface area contributed by atoms with Crippen LogP contribution in [0.2, 0.25) is 5.28 Å². The normalized spacial score (nSPS) is 10.3. The first-order valence-corrected chi connectivity index (χ1v) is 5.29. The highest BCUT2D eigenvalue weighted by Crippen LogP contribution is 2.16. The fourth-order valence-corrected chi connectivity index (χ4v) is 1.76. The second-order valence-corrected chi connectivity index (χ2v) is 3.81. The number of hydrogen-bond acceptors (Lipinski definition) is 4. The number of rotatable bonds is 5. The molecule has 0 unspecified atom stereocenters. The Morgan fingerprint density at radius 3 is 3.15 bits per heavy atom. The fraction of sp³-hybridized carbons (Fsp3) is 0.500. The van der Waals surface area contributed by atoms with E-state index < -0.39 is 0 Å². The van der Waals surface area contributed by atoms with Crippen molar-refractivity contribution in [2.24, 2.45) is 0 Å². The molecule has 0 radical (unpaired) electrons. The van der Waals surface area contributed by atoms with Crippen LogP contribution < -0.4 is 0 Å². The van der Waals surface area contributed by atoms with Gasteiger partial charge in [0.25, 0.3) is 0 Å². The monoisotopic (exact) mass is 218 g/mol. The van der Waals surface area contributed by atoms with Crippen LogP contribution in [-0.4, -0.2) is 29.4 Å². The van der Waals surface area contributed by atoms with Crippen molar-refractivity contribution < 1.29 is 4.74 Å². The highest BCUT2D eigenvalue weighted by atomic mass is 35.5. The van der Waals surface area contributed by atoms with Crippen molar-refractivity contribution in [1.82, 2.24) is 9.97 Å². The van der Waals surface area contributed by atoms with Gasteiger partial charge in [-0.15, -0.1) is 11.8 Å². The van der Waals surface area contributed by atoms with Crippen molar-refractivity contribution in [1.29, 1.82) is 0 Å². The van der Waals surface area contributed by atoms with Gasteiger partial charge in [-0.1, -0.05) is 0 Å². The van der Waals surface area contributed by atoms with Gasteiger partial charge < -0.3 is 4.74 Å². The van der Waals surface area contributed by atoms with Gasteiger partial charge in [-0.2, -0.15) is 0 Å². The molecule has 1 aromatic heterocycles. The molecule has 0 aliphatic heterocycles. The van der Waals surface area contributed by atoms with Crippen LogP contribution in [0.1, 0.15) is 6.42 Å². The van der Waals surface area contributed by atoms with Crippen LogP contribution in [0.25, 0.3) is 0 Å². The molecule has 0 atom stereocenters. The molecule has 0 aliphatic carbocycles. The second kappa shape index (κ2) is 6.18. The van der Waals surface area contributed by atoms with E-state index in [0.29, 0.717) is 5.28 Å². The lowest BCUT2D eigenvalue weighted by Gasteiger charge is -1.99. The van der Waals surface area contributed by atoms with Gasteiger partial charge in [0.05, 0.1) is 0 Å². The van der Waals surface area contributed by atoms with E-state index in [4.69, 9.17) is 16.3 Å². The van der Waals surface area contributed by atoms with E-state index in [1.807, 2.05) is 6.07 Å². The zero-order valence-corrected chi connectivity index (χ0v) is 8.94. The van der Waals surface area contributed by atoms with Crippen molar-refractivity contribution >= 4 is 23.4 Å². The van der Waals surface area contributed by atoms with E-state index in [1.165, 1.54) is 0 Å². The lowest BCUT2D eigenvalue weighted by molar-refractivity contribution is 0.200. The minimum absolute atomic E-state index is 0.303. The Labute approximate surface area is 86.9 Å². The highest BCUT2D eigenvalue weighted by Gasteiger charge is 1.96. The summed E-state index contributed by atoms with van der Waals surface area (Å²) in [6.07, 6.45) is 2.68. The zero-order valence-electron chi connectivity index (χ0n) is 7.36. The number of ether oxygens (including phenoxy) is 1. The molecule has 5 heteroatoms. The standard InChI is InChI=1S/C8H11ClN2OS/c1-12-5-2-6-13-7-3-4-10-8(9)11-7/h3-4H,2,5-6H2,1H3. The first-order chi connectivity index (χ1) is 6.33. The fourth-order valence-electron chi connectivity index (χ4n) is 0.780. The number of aromatic nitrogens is 2. The van der Waals surface area contributed by atoms with E-state index in [2.05, 4.69) is 9.97 Å². The Hall–Kier alpha value is -0.320. The smallest absolute Gasteiger partial charge is 0.223 e. The van der Waals surface area contributed by atoms with Crippen molar-refractivity contribution in [3.05, 3.63) is 17.5 Å². The topological polar surface area (TPSA) is 35.0 Å². The molecule has 3 nitrogen and oxygen atoms in total. The lowest BCUT2D eigenvalue weighted by atomic mass is 10.5. The van der Waals surface area contributed by atoms with Gasteiger partial charge in [0.2, 0.25) is 5.28 Å². The number of thioether (sulfide) groups is 1. The summed E-state index contributed by atoms with van der Waals surface area (Å²) in [6, 6.07) is 1.85. The molecule has 0 amide bonds. The summed E-state index contributed by atoms with van der Waals surface area (Å²) in [6.45, 7) is 0.784. The molecule has 0 saturated carbocycles. The second-order valence-electron chi connectivity index (χ2n) is 2.36. The van der Waals surface area contributed by atoms with E-state index in [9.17, 15) is 0 Å². The molecular weight excluding hydrogens is 208 g/mol. The number of halogens is 1. The summed E-state index contributed by atoms with van der Waals surface area (Å²) in [5.41, 5.74) is 0. The predicted molar refractivity (Wildman–Crippen MR) is 54.3 cm³/mol. The summed E-state index contributed by atoms with van der Waals surface area (Å²) in [4.78, 5) is 7.85. The largest absolute Gasteiger partial charge is 0.385 e. The number of nitrogens with zero attached hydrogens (tertiary/aromatic N) is 2. The molecule has 0 fully saturated rings. The Bertz CT molecular complexity index is 260. The highest BCUT2D eigenvalue weighted by molar-refractivity contribution is 7.99. The number of hydrogen-bond donors (Lipinski definition) is 0. The SMILES string of the molecule is COCCCSc1ccnc(Cl)n1. The molecule has 0 N–H and O–H groups in total. The van der Waals surface area contributed by atoms with Crippen LogP contribution >= 0.6 is 23.4 Å². The molecule has 1 heterocycles. The third-order valence-electron chi connectivity index (χ3n) is 1.34. The maximum atomic E-state index is 5.62. The van der Waals surface area contributed by atoms with E-state index in [1.54, 1.807) is 25.1 Å². The molecule has 0 aliphatic rings. The summed E-state index contributed by atoms with van der Waals surface area (Å²) < 4.78 is 4.93. The van der Waals surface area contributed by atoms with Gasteiger partial charge in [-0.25, -0.2) is 9.97 Å². The van der Waals surface area contributed by atoms with Gasteiger partial charge in [-0.3, -0.25) is 0 Å². The lowest BCUT2D eigenvalue weighted by Crippen LogP contribution is -1.91. The van der Waals surface area contributed by atoms with Crippen molar-refractivity contribution in [2.75, 3.05) is 19.5 Å². The van der Waals surface area contributed by atoms with Gasteiger partial charge in [0.15, 0.2) is 0 Å². The molecule has 1 rings (SSSR count). The molecule has 1 aromatic rings. The summed E-state index contributed by atoms with van der Waals surface area (Å²) in [5.74, 6) is 0.987. The van der Waals surface area contributed by atoms with E-state index in [0.717, 1.165) is 23.8 Å². The molecule has 0 bridgehead atoms. The third kappa shape index (κ3) is 4.45. The molecular formula is C8H11ClN2OS. The molecule has 13 heavy (non-hydrogen) atoms. The van der Waals surface area contributed by atoms with Gasteiger partial charge in [0.1, 0.15) is 5.03 Å². The third-order valence-corrected chi connectivity index (χ3v) is 2.54. The molecule has 72 valence electrons. The molecule has 0 aromatic carbocycles. The van der Waals surface area contributed by atoms with Crippen LogP contribution in [0, 0.1) is 0 Å². The Balaban J connectivity index is 2.28. The molecule has 0 spiro atoms. The van der Waals surface area contributed by atoms with Crippen molar-refractivity contribution in [3.63, 3.8) is 0 Å². The Morgan fingerprint density at radius 2 is 2.46 bits per heavy atom. The Morgan fingerprint density at radius 1 is 1.62 bits per heavy atom. The van der Waals surface area contributed by atoms with Gasteiger partial charge in [0, 0.05) is 25.7 Å². The quantitative estimate of drug-likeness (QED) is 0.329. The van der Waals surface area contributed by atoms with Crippen LogP contribution in [0.15, 0.2) is 17.3 Å². The van der Waals surface area contributed by atoms with Gasteiger partial charge in [-0.05, 0) is 24.1 Å². The summed E-state index contributed by atoms with van der Waals surface area (Å²) in [5, 5.41) is 1.22. The van der Waals surface area contributed by atoms with E-state index in [-0.39, 0.29) is 0 Å². The van der Waals surface area contributed by atoms with Crippen LogP contribution in [0.5, 0.6) is 0 Å². The average molecular weight is 219 g/mol. The zero-order chi connectivity index (χ0) is 9.52. The maximum absolute atomic E-state index is 5.62. The van der Waals surface area contributed by atoms with Crippen molar-refractivity contribution in [2.45, 2.75) is 11.4 Å². The van der Waals surface area contributed by atoms with Crippen LogP contribution in [0.3, 0.4) is 0 Å². The summed E-state index contributed by atoms with van der Waals surface area (Å²) in [7, 11) is 1.70. The Kier molecular flexibility index (Phi) is 5.12. The summed E-state index contributed by atoms with van der Waals surface area (Å²) >= 11 is 7.28. The number of methoxy groups -OCH3 is 1. The minimum Gasteiger partial charge on any atom is -0.385 e. The van der Waals surface area contributed by atoms with Crippen LogP contribution in [0.4, 0.5) is 0 Å². The van der Waals surface area contributed by atoms with Crippen LogP contribution in [-0.2, 0) is 4.74 Å². The minimum atomic E-state index is 0.303. The van der Waals surface area contributed by atoms with Gasteiger partial charge >= 0.3 is 0 Å². The van der Waals surface area contributed by atoms with E-state index >= 15 is 0 Å². The average Bonchev–Trinajstić information content (AvgIpc) is 2.13. The molecule has 0 saturated heterocycles. The first kappa shape index (κ1) is 10.8. The maximum Gasteiger partial charge on any atom is 0.223 e. The van der Waals surface area contributed by atoms with Crippen molar-refractivity contribution in [3.8, 4) is 0 Å². The predicted octanol–water partition coefficient (Wildman–Crippen LogP) is 2.26. The first-order valence-electron chi connectivity index (χ1n) is 3.93.